The second-order valence-corrected chi connectivity index (χ2v) is 8.97. The van der Waals surface area contributed by atoms with Crippen molar-refractivity contribution in [3.63, 3.8) is 0 Å². The van der Waals surface area contributed by atoms with E-state index in [2.05, 4.69) is 36.5 Å². The van der Waals surface area contributed by atoms with Crippen molar-refractivity contribution < 1.29 is 9.59 Å². The van der Waals surface area contributed by atoms with Gasteiger partial charge in [-0.1, -0.05) is 66.6 Å². The number of carbonyl (C=O) groups is 2. The zero-order chi connectivity index (χ0) is 22.1. The Balaban J connectivity index is 2.08. The zero-order valence-electron chi connectivity index (χ0n) is 18.8. The first-order valence-electron chi connectivity index (χ1n) is 10.6. The third-order valence-electron chi connectivity index (χ3n) is 5.18. The van der Waals surface area contributed by atoms with Gasteiger partial charge in [-0.15, -0.1) is 11.8 Å². The van der Waals surface area contributed by atoms with Crippen molar-refractivity contribution in [3.8, 4) is 0 Å². The minimum absolute atomic E-state index is 0.0130. The van der Waals surface area contributed by atoms with Crippen LogP contribution in [0.1, 0.15) is 49.4 Å². The quantitative estimate of drug-likeness (QED) is 0.590. The molecular formula is C25H34N2O2S. The minimum Gasteiger partial charge on any atom is -0.352 e. The van der Waals surface area contributed by atoms with Gasteiger partial charge in [-0.05, 0) is 45.2 Å². The van der Waals surface area contributed by atoms with Gasteiger partial charge in [0.25, 0.3) is 0 Å². The summed E-state index contributed by atoms with van der Waals surface area (Å²) in [6.07, 6.45) is 0.858. The average molecular weight is 427 g/mol. The molecule has 5 heteroatoms. The molecule has 2 amide bonds. The Morgan fingerprint density at radius 1 is 1.00 bits per heavy atom. The Morgan fingerprint density at radius 3 is 2.20 bits per heavy atom. The highest BCUT2D eigenvalue weighted by Crippen LogP contribution is 2.17. The van der Waals surface area contributed by atoms with Gasteiger partial charge in [0.1, 0.15) is 6.04 Å². The first-order chi connectivity index (χ1) is 14.3. The lowest BCUT2D eigenvalue weighted by atomic mass is 10.1. The summed E-state index contributed by atoms with van der Waals surface area (Å²) in [7, 11) is 0. The van der Waals surface area contributed by atoms with E-state index in [-0.39, 0.29) is 17.9 Å². The van der Waals surface area contributed by atoms with Crippen LogP contribution in [0.2, 0.25) is 0 Å². The summed E-state index contributed by atoms with van der Waals surface area (Å²) in [6.45, 7) is 10.4. The first-order valence-corrected chi connectivity index (χ1v) is 11.7. The highest BCUT2D eigenvalue weighted by Gasteiger charge is 2.26. The molecule has 2 atom stereocenters. The van der Waals surface area contributed by atoms with Gasteiger partial charge in [-0.2, -0.15) is 0 Å². The minimum atomic E-state index is -0.522. The van der Waals surface area contributed by atoms with Crippen molar-refractivity contribution in [2.75, 3.05) is 5.75 Å². The Bertz CT molecular complexity index is 853. The molecule has 162 valence electrons. The molecule has 0 aromatic heterocycles. The lowest BCUT2D eigenvalue weighted by molar-refractivity contribution is -0.138. The van der Waals surface area contributed by atoms with E-state index in [0.29, 0.717) is 12.3 Å². The predicted molar refractivity (Wildman–Crippen MR) is 126 cm³/mol. The fourth-order valence-corrected chi connectivity index (χ4v) is 4.05. The number of nitrogens with one attached hydrogen (secondary N) is 1. The number of thioether (sulfide) groups is 1. The highest BCUT2D eigenvalue weighted by molar-refractivity contribution is 7.99. The Kier molecular flexibility index (Phi) is 9.44. The predicted octanol–water partition coefficient (Wildman–Crippen LogP) is 4.87. The van der Waals surface area contributed by atoms with Gasteiger partial charge < -0.3 is 10.2 Å². The van der Waals surface area contributed by atoms with Crippen molar-refractivity contribution in [3.05, 3.63) is 70.8 Å². The Hall–Kier alpha value is -2.27. The molecule has 0 saturated heterocycles. The smallest absolute Gasteiger partial charge is 0.242 e. The van der Waals surface area contributed by atoms with Crippen molar-refractivity contribution in [2.24, 2.45) is 0 Å². The maximum Gasteiger partial charge on any atom is 0.242 e. The molecule has 0 bridgehead atoms. The van der Waals surface area contributed by atoms with Crippen molar-refractivity contribution in [1.82, 2.24) is 10.2 Å². The first kappa shape index (κ1) is 24.0. The molecule has 0 saturated carbocycles. The number of benzene rings is 2. The molecular weight excluding hydrogens is 392 g/mol. The highest BCUT2D eigenvalue weighted by atomic mass is 32.2. The molecule has 1 N–H and O–H groups in total. The number of aryl methyl sites for hydroxylation is 2. The van der Waals surface area contributed by atoms with E-state index in [1.807, 2.05) is 52.0 Å². The lowest BCUT2D eigenvalue weighted by Gasteiger charge is -2.29. The number of hydrogen-bond donors (Lipinski definition) is 1. The Labute approximate surface area is 185 Å². The van der Waals surface area contributed by atoms with Crippen molar-refractivity contribution in [2.45, 2.75) is 65.4 Å². The van der Waals surface area contributed by atoms with E-state index < -0.39 is 6.04 Å². The number of amides is 2. The summed E-state index contributed by atoms with van der Waals surface area (Å²) in [6, 6.07) is 16.0. The summed E-state index contributed by atoms with van der Waals surface area (Å²) < 4.78 is 0. The van der Waals surface area contributed by atoms with Crippen LogP contribution in [0, 0.1) is 13.8 Å². The van der Waals surface area contributed by atoms with Crippen LogP contribution in [-0.4, -0.2) is 34.6 Å². The van der Waals surface area contributed by atoms with Gasteiger partial charge >= 0.3 is 0 Å². The van der Waals surface area contributed by atoms with Gasteiger partial charge in [0.05, 0.1) is 5.75 Å². The van der Waals surface area contributed by atoms with Crippen LogP contribution in [-0.2, 0) is 21.9 Å². The fraction of sp³-hybridized carbons (Fsp3) is 0.440. The van der Waals surface area contributed by atoms with Crippen LogP contribution in [0.25, 0.3) is 0 Å². The summed E-state index contributed by atoms with van der Waals surface area (Å²) in [5, 5.41) is 3.01. The SMILES string of the molecule is CCC(C)NC(=O)C(C)N(Cc1cccc(C)c1)C(=O)CSCc1cccc(C)c1. The van der Waals surface area contributed by atoms with E-state index >= 15 is 0 Å². The van der Waals surface area contributed by atoms with Crippen LogP contribution in [0.4, 0.5) is 0 Å². The van der Waals surface area contributed by atoms with Crippen LogP contribution >= 0.6 is 11.8 Å². The van der Waals surface area contributed by atoms with E-state index in [1.165, 1.54) is 11.1 Å². The topological polar surface area (TPSA) is 49.4 Å². The van der Waals surface area contributed by atoms with Gasteiger partial charge in [0, 0.05) is 18.3 Å². The maximum absolute atomic E-state index is 13.1. The van der Waals surface area contributed by atoms with Crippen LogP contribution in [0.3, 0.4) is 0 Å². The Morgan fingerprint density at radius 2 is 1.60 bits per heavy atom. The third-order valence-corrected chi connectivity index (χ3v) is 6.17. The standard InChI is InChI=1S/C25H34N2O2S/c1-6-20(4)26-25(29)21(5)27(15-22-11-7-9-18(2)13-22)24(28)17-30-16-23-12-8-10-19(3)14-23/h7-14,20-21H,6,15-17H2,1-5H3,(H,26,29). The molecule has 30 heavy (non-hydrogen) atoms. The van der Waals surface area contributed by atoms with E-state index in [9.17, 15) is 9.59 Å². The van der Waals surface area contributed by atoms with Crippen LogP contribution in [0.15, 0.2) is 48.5 Å². The number of hydrogen-bond acceptors (Lipinski definition) is 3. The van der Waals surface area contributed by atoms with Crippen LogP contribution < -0.4 is 5.32 Å². The summed E-state index contributed by atoms with van der Waals surface area (Å²) in [5.74, 6) is 1.01. The second-order valence-electron chi connectivity index (χ2n) is 7.99. The molecule has 2 aromatic rings. The summed E-state index contributed by atoms with van der Waals surface area (Å²) >= 11 is 1.59. The molecule has 0 heterocycles. The van der Waals surface area contributed by atoms with Crippen LogP contribution in [0.5, 0.6) is 0 Å². The molecule has 0 radical (unpaired) electrons. The van der Waals surface area contributed by atoms with Gasteiger partial charge in [-0.25, -0.2) is 0 Å². The van der Waals surface area contributed by atoms with Gasteiger partial charge in [0.2, 0.25) is 11.8 Å². The average Bonchev–Trinajstić information content (AvgIpc) is 2.71. The third kappa shape index (κ3) is 7.52. The molecule has 0 fully saturated rings. The monoisotopic (exact) mass is 426 g/mol. The number of nitrogens with zero attached hydrogens (tertiary/aromatic N) is 1. The molecule has 0 aliphatic heterocycles. The number of carbonyl (C=O) groups excluding carboxylic acids is 2. The fourth-order valence-electron chi connectivity index (χ4n) is 3.20. The molecule has 0 aliphatic rings. The van der Waals surface area contributed by atoms with Gasteiger partial charge in [0.15, 0.2) is 0 Å². The zero-order valence-corrected chi connectivity index (χ0v) is 19.6. The molecule has 2 rings (SSSR count). The summed E-state index contributed by atoms with van der Waals surface area (Å²) in [5.41, 5.74) is 4.61. The van der Waals surface area contributed by atoms with E-state index in [1.54, 1.807) is 16.7 Å². The normalized spacial score (nSPS) is 12.8. The van der Waals surface area contributed by atoms with Crippen molar-refractivity contribution in [1.29, 1.82) is 0 Å². The maximum atomic E-state index is 13.1. The van der Waals surface area contributed by atoms with Crippen molar-refractivity contribution >= 4 is 23.6 Å². The lowest BCUT2D eigenvalue weighted by Crippen LogP contribution is -2.50. The molecule has 2 aromatic carbocycles. The van der Waals surface area contributed by atoms with E-state index in [0.717, 1.165) is 23.3 Å². The number of rotatable bonds is 10. The van der Waals surface area contributed by atoms with Gasteiger partial charge in [-0.3, -0.25) is 9.59 Å². The molecule has 2 unspecified atom stereocenters. The summed E-state index contributed by atoms with van der Waals surface area (Å²) in [4.78, 5) is 27.6. The largest absolute Gasteiger partial charge is 0.352 e. The van der Waals surface area contributed by atoms with E-state index in [4.69, 9.17) is 0 Å². The molecule has 4 nitrogen and oxygen atoms in total. The molecule has 0 spiro atoms. The second kappa shape index (κ2) is 11.8. The molecule has 0 aliphatic carbocycles.